The summed E-state index contributed by atoms with van der Waals surface area (Å²) >= 11 is 1.41. The van der Waals surface area contributed by atoms with E-state index in [1.165, 1.54) is 16.7 Å². The topological polar surface area (TPSA) is 171 Å². The summed E-state index contributed by atoms with van der Waals surface area (Å²) in [6.45, 7) is 4.07. The lowest BCUT2D eigenvalue weighted by molar-refractivity contribution is -0.163. The van der Waals surface area contributed by atoms with Gasteiger partial charge >= 0.3 is 5.97 Å². The number of aliphatic carboxylic acids is 1. The maximum atomic E-state index is 12.3. The highest BCUT2D eigenvalue weighted by molar-refractivity contribution is 8.03. The summed E-state index contributed by atoms with van der Waals surface area (Å²) in [6, 6.07) is -0.463. The molecular formula is C15H24N4O7S2. The fraction of sp³-hybridized carbons (Fsp3) is 0.733. The van der Waals surface area contributed by atoms with E-state index in [9.17, 15) is 28.2 Å². The number of hydrogen-bond donors (Lipinski definition) is 5. The normalized spacial score (nSPS) is 33.8. The highest BCUT2D eigenvalue weighted by Crippen LogP contribution is 2.51. The van der Waals surface area contributed by atoms with Gasteiger partial charge in [0, 0.05) is 28.7 Å². The van der Waals surface area contributed by atoms with Crippen LogP contribution < -0.4 is 15.3 Å². The van der Waals surface area contributed by atoms with Crippen LogP contribution in [0.3, 0.4) is 0 Å². The summed E-state index contributed by atoms with van der Waals surface area (Å²) in [6.07, 6.45) is -0.213. The van der Waals surface area contributed by atoms with Crippen LogP contribution in [0.1, 0.15) is 20.3 Å². The highest BCUT2D eigenvalue weighted by atomic mass is 32.2. The summed E-state index contributed by atoms with van der Waals surface area (Å²) in [5, 5.41) is 27.5. The molecule has 28 heavy (non-hydrogen) atoms. The number of aliphatic hydroxyl groups is 1. The Hall–Kier alpha value is -1.22. The molecule has 6 N–H and O–H groups in total. The third-order valence-electron chi connectivity index (χ3n) is 5.25. The van der Waals surface area contributed by atoms with Crippen molar-refractivity contribution in [1.82, 2.24) is 15.1 Å². The van der Waals surface area contributed by atoms with Gasteiger partial charge in [0.25, 0.3) is 10.2 Å². The molecule has 0 aliphatic carbocycles. The van der Waals surface area contributed by atoms with E-state index in [0.717, 1.165) is 0 Å². The predicted molar refractivity (Wildman–Crippen MR) is 99.6 cm³/mol. The first kappa shape index (κ1) is 21.5. The third-order valence-corrected chi connectivity index (χ3v) is 7.11. The lowest BCUT2D eigenvalue weighted by Crippen LogP contribution is -2.63. The minimum absolute atomic E-state index is 0.00000759. The van der Waals surface area contributed by atoms with Crippen LogP contribution in [0.4, 0.5) is 0 Å². The van der Waals surface area contributed by atoms with E-state index in [2.05, 4.69) is 5.32 Å². The van der Waals surface area contributed by atoms with Gasteiger partial charge in [-0.3, -0.25) is 9.63 Å². The van der Waals surface area contributed by atoms with Crippen molar-refractivity contribution in [3.05, 3.63) is 10.6 Å². The molecular weight excluding hydrogens is 412 g/mol. The zero-order chi connectivity index (χ0) is 20.8. The number of carboxylic acids is 1. The van der Waals surface area contributed by atoms with Crippen molar-refractivity contribution in [1.29, 1.82) is 0 Å². The number of nitrogens with two attached hydrogens (primary N) is 1. The molecule has 3 heterocycles. The number of hydrogen-bond acceptors (Lipinski definition) is 8. The van der Waals surface area contributed by atoms with Gasteiger partial charge in [-0.2, -0.15) is 8.42 Å². The molecule has 158 valence electrons. The molecule has 0 bridgehead atoms. The van der Waals surface area contributed by atoms with Gasteiger partial charge in [-0.1, -0.05) is 11.8 Å². The number of thioether (sulfide) groups is 1. The van der Waals surface area contributed by atoms with Crippen LogP contribution in [0, 0.1) is 11.8 Å². The molecule has 13 heteroatoms. The highest BCUT2D eigenvalue weighted by Gasteiger charge is 2.60. The number of nitrogens with one attached hydrogen (secondary N) is 2. The Morgan fingerprint density at radius 2 is 2.21 bits per heavy atom. The average Bonchev–Trinajstić information content (AvgIpc) is 3.09. The molecule has 0 spiro atoms. The van der Waals surface area contributed by atoms with Crippen molar-refractivity contribution in [2.75, 3.05) is 13.2 Å². The number of aliphatic hydroxyl groups excluding tert-OH is 1. The number of carboxylic acid groups (broad SMARTS) is 1. The Labute approximate surface area is 166 Å². The van der Waals surface area contributed by atoms with Crippen molar-refractivity contribution in [3.63, 3.8) is 0 Å². The minimum atomic E-state index is -3.93. The summed E-state index contributed by atoms with van der Waals surface area (Å²) in [4.78, 5) is 32.7. The van der Waals surface area contributed by atoms with E-state index in [0.29, 0.717) is 17.9 Å². The summed E-state index contributed by atoms with van der Waals surface area (Å²) in [5.41, 5.74) is -0.00000759. The summed E-state index contributed by atoms with van der Waals surface area (Å²) in [7, 11) is -3.93. The second-order valence-electron chi connectivity index (χ2n) is 7.29. The largest absolute Gasteiger partial charge is 0.477 e. The van der Waals surface area contributed by atoms with Gasteiger partial charge in [-0.05, 0) is 13.3 Å². The van der Waals surface area contributed by atoms with Crippen LogP contribution in [0.2, 0.25) is 0 Å². The number of nitrogens with zero attached hydrogens (tertiary/aromatic N) is 1. The third kappa shape index (κ3) is 4.06. The molecule has 3 aliphatic heterocycles. The summed E-state index contributed by atoms with van der Waals surface area (Å²) < 4.78 is 21.6. The van der Waals surface area contributed by atoms with E-state index < -0.39 is 28.2 Å². The van der Waals surface area contributed by atoms with Gasteiger partial charge in [0.1, 0.15) is 5.70 Å². The van der Waals surface area contributed by atoms with E-state index in [-0.39, 0.29) is 41.5 Å². The standard InChI is InChI=1S/C15H24N4O7S2/c1-6-11-10(7(2)20)14(21)19(11)12(15(22)23)13(6)27-9-3-8(17-4-9)5-26-18-28(16,24)25/h6-11,17-18,20H,3-5H2,1-2H3,(H,22,23)(H2,16,24,25)/t6-,7-,8-,9?,10-,11-/m1/s1. The Morgan fingerprint density at radius 1 is 1.54 bits per heavy atom. The molecule has 11 nitrogen and oxygen atoms in total. The Kier molecular flexibility index (Phi) is 6.06. The average molecular weight is 437 g/mol. The zero-order valence-electron chi connectivity index (χ0n) is 15.4. The van der Waals surface area contributed by atoms with E-state index in [1.807, 2.05) is 6.92 Å². The van der Waals surface area contributed by atoms with E-state index >= 15 is 0 Å². The van der Waals surface area contributed by atoms with Crippen LogP contribution in [-0.4, -0.2) is 72.0 Å². The van der Waals surface area contributed by atoms with Gasteiger partial charge < -0.3 is 20.4 Å². The number of carbonyl (C=O) groups excluding carboxylic acids is 1. The quantitative estimate of drug-likeness (QED) is 0.220. The van der Waals surface area contributed by atoms with E-state index in [4.69, 9.17) is 9.98 Å². The van der Waals surface area contributed by atoms with Crippen molar-refractivity contribution in [3.8, 4) is 0 Å². The first-order valence-corrected chi connectivity index (χ1v) is 11.2. The first-order chi connectivity index (χ1) is 13.0. The molecule has 0 radical (unpaired) electrons. The molecule has 0 aromatic heterocycles. The monoisotopic (exact) mass is 436 g/mol. The van der Waals surface area contributed by atoms with Crippen molar-refractivity contribution >= 4 is 33.8 Å². The smallest absolute Gasteiger partial charge is 0.353 e. The van der Waals surface area contributed by atoms with Gasteiger partial charge in [-0.25, -0.2) is 9.93 Å². The minimum Gasteiger partial charge on any atom is -0.477 e. The number of rotatable bonds is 8. The second-order valence-corrected chi connectivity index (χ2v) is 9.89. The van der Waals surface area contributed by atoms with Gasteiger partial charge in [0.05, 0.1) is 24.7 Å². The van der Waals surface area contributed by atoms with Crippen LogP contribution in [0.15, 0.2) is 10.6 Å². The molecule has 0 aromatic rings. The first-order valence-electron chi connectivity index (χ1n) is 8.81. The Balaban J connectivity index is 1.65. The fourth-order valence-corrected chi connectivity index (χ4v) is 5.82. The second kappa shape index (κ2) is 7.89. The lowest BCUT2D eigenvalue weighted by Gasteiger charge is -2.46. The van der Waals surface area contributed by atoms with Gasteiger partial charge in [-0.15, -0.1) is 11.8 Å². The van der Waals surface area contributed by atoms with Crippen LogP contribution in [0.5, 0.6) is 0 Å². The van der Waals surface area contributed by atoms with Gasteiger partial charge in [0.2, 0.25) is 5.91 Å². The predicted octanol–water partition coefficient (Wildman–Crippen LogP) is -1.67. The van der Waals surface area contributed by atoms with Crippen LogP contribution in [0.25, 0.3) is 0 Å². The van der Waals surface area contributed by atoms with Gasteiger partial charge in [0.15, 0.2) is 0 Å². The molecule has 1 unspecified atom stereocenters. The lowest BCUT2D eigenvalue weighted by atomic mass is 9.79. The number of amides is 1. The molecule has 3 rings (SSSR count). The zero-order valence-corrected chi connectivity index (χ0v) is 17.0. The molecule has 6 atom stereocenters. The van der Waals surface area contributed by atoms with Crippen LogP contribution in [-0.2, 0) is 24.6 Å². The summed E-state index contributed by atoms with van der Waals surface area (Å²) in [5.74, 6) is -2.29. The van der Waals surface area contributed by atoms with E-state index in [1.54, 1.807) is 11.8 Å². The van der Waals surface area contributed by atoms with Crippen molar-refractivity contribution < 1.29 is 33.1 Å². The molecule has 3 aliphatic rings. The molecule has 1 amide bonds. The number of β-lactam (4-membered cyclic amide) rings is 1. The van der Waals surface area contributed by atoms with Crippen molar-refractivity contribution in [2.24, 2.45) is 17.0 Å². The maximum absolute atomic E-state index is 12.3. The van der Waals surface area contributed by atoms with Crippen molar-refractivity contribution in [2.45, 2.75) is 43.7 Å². The Bertz CT molecular complexity index is 800. The molecule has 0 aromatic carbocycles. The molecule has 2 fully saturated rings. The van der Waals surface area contributed by atoms with Crippen LogP contribution >= 0.6 is 11.8 Å². The fourth-order valence-electron chi connectivity index (χ4n) is 4.07. The SMILES string of the molecule is C[C@@H](O)[C@H]1C(=O)N2C(C(=O)O)=C(SC3CN[C@@H](CONS(N)(=O)=O)C3)[C@H](C)[C@H]12. The molecule has 2 saturated heterocycles. The maximum Gasteiger partial charge on any atom is 0.353 e. The number of fused-ring (bicyclic) bond motifs is 1. The number of carbonyl (C=O) groups is 2. The molecule has 0 saturated carbocycles. The Morgan fingerprint density at radius 3 is 2.79 bits per heavy atom.